The van der Waals surface area contributed by atoms with E-state index in [1.807, 2.05) is 6.07 Å². The smallest absolute Gasteiger partial charge is 0.120 e. The summed E-state index contributed by atoms with van der Waals surface area (Å²) in [7, 11) is 0. The van der Waals surface area contributed by atoms with E-state index in [0.29, 0.717) is 17.9 Å². The largest absolute Gasteiger partial charge is 0.491 e. The van der Waals surface area contributed by atoms with Crippen molar-refractivity contribution in [3.05, 3.63) is 29.8 Å². The van der Waals surface area contributed by atoms with E-state index in [1.165, 1.54) is 0 Å². The van der Waals surface area contributed by atoms with Gasteiger partial charge in [-0.25, -0.2) is 0 Å². The van der Waals surface area contributed by atoms with Gasteiger partial charge in [-0.15, -0.1) is 0 Å². The number of aliphatic hydroxyl groups excluding tert-OH is 2. The predicted octanol–water partition coefficient (Wildman–Crippen LogP) is 1.19. The number of rotatable bonds is 6. The van der Waals surface area contributed by atoms with Crippen LogP contribution < -0.4 is 10.1 Å². The first kappa shape index (κ1) is 15.8. The Hall–Kier alpha value is -1.61. The topological polar surface area (TPSA) is 85.5 Å². The van der Waals surface area contributed by atoms with Crippen LogP contribution in [0.1, 0.15) is 31.2 Å². The molecular formula is C16H22N2O3. The van der Waals surface area contributed by atoms with E-state index < -0.39 is 6.10 Å². The highest BCUT2D eigenvalue weighted by Gasteiger charge is 2.23. The van der Waals surface area contributed by atoms with Gasteiger partial charge in [-0.2, -0.15) is 5.26 Å². The lowest BCUT2D eigenvalue weighted by atomic mass is 9.92. The average molecular weight is 290 g/mol. The van der Waals surface area contributed by atoms with Crippen molar-refractivity contribution < 1.29 is 14.9 Å². The molecule has 3 N–H and O–H groups in total. The Kier molecular flexibility index (Phi) is 6.00. The minimum atomic E-state index is -0.648. The zero-order valence-electron chi connectivity index (χ0n) is 12.0. The van der Waals surface area contributed by atoms with Gasteiger partial charge in [0, 0.05) is 12.6 Å². The van der Waals surface area contributed by atoms with Crippen LogP contribution in [-0.4, -0.2) is 41.6 Å². The zero-order chi connectivity index (χ0) is 15.1. The van der Waals surface area contributed by atoms with E-state index in [1.54, 1.807) is 24.3 Å². The van der Waals surface area contributed by atoms with E-state index in [4.69, 9.17) is 10.00 Å². The minimum absolute atomic E-state index is 0.0651. The Balaban J connectivity index is 1.71. The normalized spacial score (nSPS) is 23.3. The lowest BCUT2D eigenvalue weighted by Gasteiger charge is -2.29. The van der Waals surface area contributed by atoms with Crippen LogP contribution in [0, 0.1) is 11.3 Å². The Morgan fingerprint density at radius 2 is 2.19 bits per heavy atom. The molecule has 5 nitrogen and oxygen atoms in total. The fourth-order valence-electron chi connectivity index (χ4n) is 2.54. The van der Waals surface area contributed by atoms with Crippen LogP contribution in [0.25, 0.3) is 0 Å². The summed E-state index contributed by atoms with van der Waals surface area (Å²) in [5.41, 5.74) is 0.533. The number of ether oxygens (including phenoxy) is 1. The molecule has 1 aromatic carbocycles. The average Bonchev–Trinajstić information content (AvgIpc) is 2.52. The van der Waals surface area contributed by atoms with Gasteiger partial charge < -0.3 is 20.3 Å². The van der Waals surface area contributed by atoms with Crippen molar-refractivity contribution in [2.75, 3.05) is 13.2 Å². The summed E-state index contributed by atoms with van der Waals surface area (Å²) in [4.78, 5) is 0. The Morgan fingerprint density at radius 3 is 2.95 bits per heavy atom. The predicted molar refractivity (Wildman–Crippen MR) is 78.9 cm³/mol. The molecule has 2 rings (SSSR count). The van der Waals surface area contributed by atoms with E-state index >= 15 is 0 Å². The second kappa shape index (κ2) is 7.99. The lowest BCUT2D eigenvalue weighted by molar-refractivity contribution is 0.0673. The molecule has 0 spiro atoms. The molecule has 1 aromatic rings. The number of aliphatic hydroxyl groups is 2. The van der Waals surface area contributed by atoms with Crippen LogP contribution in [0.4, 0.5) is 0 Å². The maximum absolute atomic E-state index is 9.92. The van der Waals surface area contributed by atoms with Crippen LogP contribution >= 0.6 is 0 Å². The van der Waals surface area contributed by atoms with Gasteiger partial charge in [0.25, 0.3) is 0 Å². The van der Waals surface area contributed by atoms with Crippen molar-refractivity contribution in [3.8, 4) is 11.8 Å². The molecule has 0 bridgehead atoms. The maximum atomic E-state index is 9.92. The van der Waals surface area contributed by atoms with Gasteiger partial charge in [-0.1, -0.05) is 18.9 Å². The molecule has 3 atom stereocenters. The van der Waals surface area contributed by atoms with E-state index in [0.717, 1.165) is 25.7 Å². The monoisotopic (exact) mass is 290 g/mol. The first-order valence-corrected chi connectivity index (χ1v) is 7.41. The summed E-state index contributed by atoms with van der Waals surface area (Å²) in [5, 5.41) is 31.8. The second-order valence-electron chi connectivity index (χ2n) is 5.47. The molecule has 114 valence electrons. The molecule has 21 heavy (non-hydrogen) atoms. The third-order valence-corrected chi connectivity index (χ3v) is 3.75. The summed E-state index contributed by atoms with van der Waals surface area (Å²) in [6.07, 6.45) is 2.98. The first-order chi connectivity index (χ1) is 10.2. The number of nitriles is 1. The molecule has 0 saturated heterocycles. The van der Waals surface area contributed by atoms with Gasteiger partial charge in [0.15, 0.2) is 0 Å². The van der Waals surface area contributed by atoms with Crippen molar-refractivity contribution >= 4 is 0 Å². The number of nitrogens with one attached hydrogen (secondary N) is 1. The van der Waals surface area contributed by atoms with Gasteiger partial charge in [0.1, 0.15) is 18.5 Å². The van der Waals surface area contributed by atoms with E-state index in [2.05, 4.69) is 5.32 Å². The number of nitrogens with zero attached hydrogens (tertiary/aromatic N) is 1. The number of hydrogen-bond acceptors (Lipinski definition) is 5. The van der Waals surface area contributed by atoms with Gasteiger partial charge in [-0.3, -0.25) is 0 Å². The van der Waals surface area contributed by atoms with E-state index in [9.17, 15) is 10.2 Å². The summed E-state index contributed by atoms with van der Waals surface area (Å²) in [5.74, 6) is 0.575. The molecular weight excluding hydrogens is 268 g/mol. The standard InChI is InChI=1S/C16H22N2O3/c17-9-12-4-3-5-14(8-12)21-11-13(19)10-18-15-6-1-2-7-16(15)20/h3-5,8,13,15-16,18-20H,1-2,6-7,10-11H2. The third kappa shape index (κ3) is 5.01. The minimum Gasteiger partial charge on any atom is -0.491 e. The van der Waals surface area contributed by atoms with Crippen LogP contribution in [-0.2, 0) is 0 Å². The summed E-state index contributed by atoms with van der Waals surface area (Å²) in [6.45, 7) is 0.546. The van der Waals surface area contributed by atoms with Crippen LogP contribution in [0.3, 0.4) is 0 Å². The maximum Gasteiger partial charge on any atom is 0.120 e. The van der Waals surface area contributed by atoms with Crippen molar-refractivity contribution in [2.24, 2.45) is 0 Å². The Morgan fingerprint density at radius 1 is 1.38 bits per heavy atom. The molecule has 0 aliphatic heterocycles. The molecule has 0 heterocycles. The van der Waals surface area contributed by atoms with Gasteiger partial charge in [-0.05, 0) is 31.0 Å². The molecule has 0 aromatic heterocycles. The van der Waals surface area contributed by atoms with Gasteiger partial charge in [0.2, 0.25) is 0 Å². The van der Waals surface area contributed by atoms with Crippen molar-refractivity contribution in [1.82, 2.24) is 5.32 Å². The highest BCUT2D eigenvalue weighted by atomic mass is 16.5. The number of hydrogen-bond donors (Lipinski definition) is 3. The van der Waals surface area contributed by atoms with Crippen molar-refractivity contribution in [1.29, 1.82) is 5.26 Å². The quantitative estimate of drug-likeness (QED) is 0.733. The zero-order valence-corrected chi connectivity index (χ0v) is 12.0. The molecule has 1 aliphatic rings. The molecule has 1 saturated carbocycles. The second-order valence-corrected chi connectivity index (χ2v) is 5.47. The summed E-state index contributed by atoms with van der Waals surface area (Å²) < 4.78 is 5.47. The van der Waals surface area contributed by atoms with Crippen LogP contribution in [0.2, 0.25) is 0 Å². The Labute approximate surface area is 125 Å². The fraction of sp³-hybridized carbons (Fsp3) is 0.562. The van der Waals surface area contributed by atoms with Crippen LogP contribution in [0.5, 0.6) is 5.75 Å². The lowest BCUT2D eigenvalue weighted by Crippen LogP contribution is -2.45. The van der Waals surface area contributed by atoms with Crippen molar-refractivity contribution in [2.45, 2.75) is 43.9 Å². The molecule has 0 amide bonds. The first-order valence-electron chi connectivity index (χ1n) is 7.41. The van der Waals surface area contributed by atoms with Crippen LogP contribution in [0.15, 0.2) is 24.3 Å². The molecule has 0 radical (unpaired) electrons. The van der Waals surface area contributed by atoms with Gasteiger partial charge in [0.05, 0.1) is 17.7 Å². The van der Waals surface area contributed by atoms with Gasteiger partial charge >= 0.3 is 0 Å². The summed E-state index contributed by atoms with van der Waals surface area (Å²) >= 11 is 0. The molecule has 5 heteroatoms. The summed E-state index contributed by atoms with van der Waals surface area (Å²) in [6, 6.07) is 8.96. The molecule has 3 unspecified atom stereocenters. The third-order valence-electron chi connectivity index (χ3n) is 3.75. The SMILES string of the molecule is N#Cc1cccc(OCC(O)CNC2CCCCC2O)c1. The van der Waals surface area contributed by atoms with E-state index in [-0.39, 0.29) is 18.8 Å². The molecule has 1 aliphatic carbocycles. The molecule has 1 fully saturated rings. The Bertz CT molecular complexity index is 487. The van der Waals surface area contributed by atoms with Crippen molar-refractivity contribution in [3.63, 3.8) is 0 Å². The highest BCUT2D eigenvalue weighted by Crippen LogP contribution is 2.18. The fourth-order valence-corrected chi connectivity index (χ4v) is 2.54. The highest BCUT2D eigenvalue weighted by molar-refractivity contribution is 5.36. The number of benzene rings is 1.